The Kier molecular flexibility index (Phi) is 6.70. The highest BCUT2D eigenvalue weighted by Crippen LogP contribution is 2.27. The van der Waals surface area contributed by atoms with Crippen LogP contribution in [-0.2, 0) is 11.3 Å². The molecule has 1 aromatic heterocycles. The van der Waals surface area contributed by atoms with Crippen molar-refractivity contribution in [3.63, 3.8) is 0 Å². The molecule has 0 aliphatic rings. The highest BCUT2D eigenvalue weighted by molar-refractivity contribution is 7.15. The molecular formula is C12H20F3N3OS. The van der Waals surface area contributed by atoms with Gasteiger partial charge in [0.1, 0.15) is 0 Å². The second-order valence-electron chi connectivity index (χ2n) is 4.46. The number of halogens is 3. The lowest BCUT2D eigenvalue weighted by Crippen LogP contribution is -2.23. The molecule has 1 rings (SSSR count). The minimum atomic E-state index is -4.13. The lowest BCUT2D eigenvalue weighted by molar-refractivity contribution is -0.132. The Labute approximate surface area is 120 Å². The molecule has 0 aliphatic carbocycles. The first-order chi connectivity index (χ1) is 9.33. The summed E-state index contributed by atoms with van der Waals surface area (Å²) in [5.74, 6) is 0. The zero-order valence-electron chi connectivity index (χ0n) is 11.9. The molecule has 0 aliphatic heterocycles. The van der Waals surface area contributed by atoms with Gasteiger partial charge >= 0.3 is 6.18 Å². The van der Waals surface area contributed by atoms with Crippen LogP contribution in [-0.4, -0.2) is 45.0 Å². The molecule has 0 aromatic carbocycles. The van der Waals surface area contributed by atoms with Crippen molar-refractivity contribution < 1.29 is 17.9 Å². The van der Waals surface area contributed by atoms with E-state index in [9.17, 15) is 13.2 Å². The molecule has 1 N–H and O–H groups in total. The maximum atomic E-state index is 12.2. The number of anilines is 1. The minimum absolute atomic E-state index is 0.0764. The third-order valence-electron chi connectivity index (χ3n) is 2.71. The number of ether oxygens (including phenoxy) is 1. The molecule has 116 valence electrons. The molecule has 0 bridgehead atoms. The van der Waals surface area contributed by atoms with E-state index in [1.807, 2.05) is 6.92 Å². The third-order valence-corrected chi connectivity index (χ3v) is 3.98. The van der Waals surface area contributed by atoms with Crippen molar-refractivity contribution in [2.24, 2.45) is 0 Å². The molecule has 20 heavy (non-hydrogen) atoms. The summed E-state index contributed by atoms with van der Waals surface area (Å²) in [6.07, 6.45) is -4.96. The zero-order valence-corrected chi connectivity index (χ0v) is 12.7. The Balaban J connectivity index is 2.51. The van der Waals surface area contributed by atoms with Gasteiger partial charge in [-0.05, 0) is 6.92 Å². The van der Waals surface area contributed by atoms with Crippen molar-refractivity contribution >= 4 is 16.5 Å². The number of aryl methyl sites for hydroxylation is 1. The van der Waals surface area contributed by atoms with Crippen molar-refractivity contribution in [3.05, 3.63) is 10.6 Å². The van der Waals surface area contributed by atoms with Gasteiger partial charge in [-0.1, -0.05) is 0 Å². The molecule has 8 heteroatoms. The van der Waals surface area contributed by atoms with Crippen molar-refractivity contribution in [1.82, 2.24) is 10.3 Å². The number of nitrogens with one attached hydrogen (secondary N) is 1. The van der Waals surface area contributed by atoms with Crippen LogP contribution in [0.1, 0.15) is 17.0 Å². The first-order valence-electron chi connectivity index (χ1n) is 6.27. The molecule has 0 saturated carbocycles. The molecule has 0 fully saturated rings. The lowest BCUT2D eigenvalue weighted by atomic mass is 10.4. The van der Waals surface area contributed by atoms with Crippen LogP contribution in [0, 0.1) is 6.92 Å². The topological polar surface area (TPSA) is 37.4 Å². The van der Waals surface area contributed by atoms with Crippen LogP contribution >= 0.6 is 11.3 Å². The Morgan fingerprint density at radius 2 is 2.10 bits per heavy atom. The fourth-order valence-corrected chi connectivity index (χ4v) is 2.52. The van der Waals surface area contributed by atoms with Gasteiger partial charge in [-0.15, -0.1) is 11.3 Å². The van der Waals surface area contributed by atoms with E-state index in [0.29, 0.717) is 18.3 Å². The molecule has 0 atom stereocenters. The van der Waals surface area contributed by atoms with Gasteiger partial charge in [0.15, 0.2) is 5.13 Å². The van der Waals surface area contributed by atoms with E-state index in [1.54, 1.807) is 19.1 Å². The average molecular weight is 311 g/mol. The van der Waals surface area contributed by atoms with Gasteiger partial charge in [0.05, 0.1) is 18.7 Å². The van der Waals surface area contributed by atoms with Gasteiger partial charge in [0, 0.05) is 38.7 Å². The predicted octanol–water partition coefficient (Wildman–Crippen LogP) is 2.58. The van der Waals surface area contributed by atoms with Crippen molar-refractivity contribution in [2.75, 3.05) is 38.8 Å². The second-order valence-corrected chi connectivity index (χ2v) is 5.52. The maximum Gasteiger partial charge on any atom is 0.390 e. The number of thiazole rings is 1. The van der Waals surface area contributed by atoms with Crippen molar-refractivity contribution in [1.29, 1.82) is 0 Å². The average Bonchev–Trinajstić information content (AvgIpc) is 2.72. The van der Waals surface area contributed by atoms with Crippen molar-refractivity contribution in [2.45, 2.75) is 26.1 Å². The maximum absolute atomic E-state index is 12.2. The van der Waals surface area contributed by atoms with E-state index in [4.69, 9.17) is 4.74 Å². The van der Waals surface area contributed by atoms with Gasteiger partial charge in [-0.2, -0.15) is 13.2 Å². The standard InChI is InChI=1S/C12H20F3N3OS/c1-9-10(8-16-5-7-19-3)20-11(17-9)18(2)6-4-12(13,14)15/h16H,4-8H2,1-3H3. The Morgan fingerprint density at radius 1 is 1.40 bits per heavy atom. The molecule has 0 amide bonds. The zero-order chi connectivity index (χ0) is 15.2. The Bertz CT molecular complexity index is 409. The molecule has 1 heterocycles. The monoisotopic (exact) mass is 311 g/mol. The minimum Gasteiger partial charge on any atom is -0.383 e. The number of hydrogen-bond donors (Lipinski definition) is 1. The van der Waals surface area contributed by atoms with E-state index < -0.39 is 12.6 Å². The lowest BCUT2D eigenvalue weighted by Gasteiger charge is -2.16. The fourth-order valence-electron chi connectivity index (χ4n) is 1.51. The van der Waals surface area contributed by atoms with Gasteiger partial charge in [-0.3, -0.25) is 0 Å². The molecule has 0 unspecified atom stereocenters. The molecule has 1 aromatic rings. The highest BCUT2D eigenvalue weighted by atomic mass is 32.1. The van der Waals surface area contributed by atoms with Gasteiger partial charge in [0.25, 0.3) is 0 Å². The highest BCUT2D eigenvalue weighted by Gasteiger charge is 2.27. The van der Waals surface area contributed by atoms with Crippen LogP contribution in [0.3, 0.4) is 0 Å². The summed E-state index contributed by atoms with van der Waals surface area (Å²) in [7, 11) is 3.26. The van der Waals surface area contributed by atoms with Crippen molar-refractivity contribution in [3.8, 4) is 0 Å². The second kappa shape index (κ2) is 7.80. The van der Waals surface area contributed by atoms with Crippen LogP contribution in [0.4, 0.5) is 18.3 Å². The van der Waals surface area contributed by atoms with Crippen LogP contribution < -0.4 is 10.2 Å². The van der Waals surface area contributed by atoms with Gasteiger partial charge in [0.2, 0.25) is 0 Å². The van der Waals surface area contributed by atoms with E-state index in [1.165, 1.54) is 11.3 Å². The molecule has 0 saturated heterocycles. The molecule has 0 spiro atoms. The van der Waals surface area contributed by atoms with Crippen LogP contribution in [0.5, 0.6) is 0 Å². The molecular weight excluding hydrogens is 291 g/mol. The first kappa shape index (κ1) is 17.2. The number of hydrogen-bond acceptors (Lipinski definition) is 5. The SMILES string of the molecule is COCCNCc1sc(N(C)CCC(F)(F)F)nc1C. The first-order valence-corrected chi connectivity index (χ1v) is 7.09. The normalized spacial score (nSPS) is 11.9. The smallest absolute Gasteiger partial charge is 0.383 e. The predicted molar refractivity (Wildman–Crippen MR) is 74.4 cm³/mol. The summed E-state index contributed by atoms with van der Waals surface area (Å²) in [6, 6.07) is 0. The number of aromatic nitrogens is 1. The summed E-state index contributed by atoms with van der Waals surface area (Å²) < 4.78 is 41.5. The summed E-state index contributed by atoms with van der Waals surface area (Å²) in [5.41, 5.74) is 0.855. The van der Waals surface area contributed by atoms with Gasteiger partial charge in [-0.25, -0.2) is 4.98 Å². The van der Waals surface area contributed by atoms with Gasteiger partial charge < -0.3 is 15.0 Å². The Hall–Kier alpha value is -0.860. The van der Waals surface area contributed by atoms with Crippen LogP contribution in [0.25, 0.3) is 0 Å². The largest absolute Gasteiger partial charge is 0.390 e. The molecule has 4 nitrogen and oxygen atoms in total. The van der Waals surface area contributed by atoms with E-state index in [-0.39, 0.29) is 6.54 Å². The molecule has 0 radical (unpaired) electrons. The number of nitrogens with zero attached hydrogens (tertiary/aromatic N) is 2. The third kappa shape index (κ3) is 6.06. The number of methoxy groups -OCH3 is 1. The summed E-state index contributed by atoms with van der Waals surface area (Å²) >= 11 is 1.42. The van der Waals surface area contributed by atoms with E-state index >= 15 is 0 Å². The number of alkyl halides is 3. The summed E-state index contributed by atoms with van der Waals surface area (Å²) in [5, 5.41) is 3.82. The van der Waals surface area contributed by atoms with Crippen LogP contribution in [0.15, 0.2) is 0 Å². The fraction of sp³-hybridized carbons (Fsp3) is 0.750. The summed E-state index contributed by atoms with van der Waals surface area (Å²) in [4.78, 5) is 6.90. The number of rotatable bonds is 8. The van der Waals surface area contributed by atoms with Crippen LogP contribution in [0.2, 0.25) is 0 Å². The summed E-state index contributed by atoms with van der Waals surface area (Å²) in [6.45, 7) is 3.79. The van der Waals surface area contributed by atoms with E-state index in [2.05, 4.69) is 10.3 Å². The quantitative estimate of drug-likeness (QED) is 0.749. The Morgan fingerprint density at radius 3 is 2.70 bits per heavy atom. The van der Waals surface area contributed by atoms with E-state index in [0.717, 1.165) is 17.1 Å².